The second kappa shape index (κ2) is 8.06. The van der Waals surface area contributed by atoms with Crippen LogP contribution in [0, 0.1) is 11.3 Å². The Bertz CT molecular complexity index is 1130. The molecule has 1 atom stereocenters. The molecular formula is C19H17ClN6O2. The Kier molecular flexibility index (Phi) is 5.17. The Morgan fingerprint density at radius 1 is 1.43 bits per heavy atom. The zero-order valence-corrected chi connectivity index (χ0v) is 15.9. The van der Waals surface area contributed by atoms with Crippen LogP contribution in [0.5, 0.6) is 0 Å². The van der Waals surface area contributed by atoms with Crippen molar-refractivity contribution in [3.63, 3.8) is 0 Å². The zero-order valence-electron chi connectivity index (χ0n) is 16.2. The largest absolute Gasteiger partial charge is 0.346 e. The first-order chi connectivity index (χ1) is 13.7. The summed E-state index contributed by atoms with van der Waals surface area (Å²) >= 11 is 6.07. The minimum absolute atomic E-state index is 0.0798. The molecule has 2 aromatic heterocycles. The number of aromatic amines is 1. The molecule has 3 aromatic rings. The van der Waals surface area contributed by atoms with Gasteiger partial charge in [0, 0.05) is 24.7 Å². The Morgan fingerprint density at radius 3 is 2.86 bits per heavy atom. The molecule has 0 spiro atoms. The summed E-state index contributed by atoms with van der Waals surface area (Å²) in [7, 11) is 0. The molecular weight excluding hydrogens is 380 g/mol. The Hall–Kier alpha value is -3.44. The number of ketones is 1. The maximum atomic E-state index is 12.3. The van der Waals surface area contributed by atoms with Gasteiger partial charge in [-0.1, -0.05) is 17.7 Å². The van der Waals surface area contributed by atoms with Crippen molar-refractivity contribution < 1.29 is 11.0 Å². The number of H-pyrrole nitrogens is 1. The number of Topliss-reactive ketones (excluding diaryl/α,β-unsaturated/α-hetero) is 1. The molecule has 1 aromatic carbocycles. The summed E-state index contributed by atoms with van der Waals surface area (Å²) in [6, 6.07) is 8.73. The predicted molar refractivity (Wildman–Crippen MR) is 103 cm³/mol. The van der Waals surface area contributed by atoms with Crippen LogP contribution in [-0.2, 0) is 6.54 Å². The lowest BCUT2D eigenvalue weighted by molar-refractivity contribution is 0.0930. The lowest BCUT2D eigenvalue weighted by Crippen LogP contribution is -2.36. The van der Waals surface area contributed by atoms with Crippen molar-refractivity contribution in [2.75, 3.05) is 0 Å². The van der Waals surface area contributed by atoms with Gasteiger partial charge in [-0.05, 0) is 31.2 Å². The van der Waals surface area contributed by atoms with Crippen molar-refractivity contribution in [2.45, 2.75) is 26.4 Å². The highest BCUT2D eigenvalue weighted by Crippen LogP contribution is 2.24. The standard InChI is InChI=1S/C19H17ClN6O2/c1-11(22-19(28)18-8-17(12(2)27)23-24-18)10-26-6-5-16(25-26)13-3-4-14(9-21)15(20)7-13/h3-8,11H,10H2,1-2H3,(H,22,28)(H,23,24)/t11-/m0/s1/i11D. The third kappa shape index (κ3) is 4.27. The van der Waals surface area contributed by atoms with Crippen LogP contribution in [0.25, 0.3) is 11.3 Å². The average Bonchev–Trinajstić information content (AvgIpc) is 3.30. The maximum absolute atomic E-state index is 12.3. The van der Waals surface area contributed by atoms with E-state index in [1.54, 1.807) is 30.5 Å². The fourth-order valence-electron chi connectivity index (χ4n) is 2.53. The average molecular weight is 398 g/mol. The molecule has 8 nitrogen and oxygen atoms in total. The molecule has 142 valence electrons. The van der Waals surface area contributed by atoms with Crippen molar-refractivity contribution in [1.82, 2.24) is 25.3 Å². The van der Waals surface area contributed by atoms with Crippen LogP contribution in [0.15, 0.2) is 36.5 Å². The number of nitrogens with zero attached hydrogens (tertiary/aromatic N) is 4. The van der Waals surface area contributed by atoms with Gasteiger partial charge in [-0.15, -0.1) is 0 Å². The summed E-state index contributed by atoms with van der Waals surface area (Å²) in [6.45, 7) is 2.96. The van der Waals surface area contributed by atoms with Crippen LogP contribution in [0.3, 0.4) is 0 Å². The molecule has 2 N–H and O–H groups in total. The smallest absolute Gasteiger partial charge is 0.269 e. The highest BCUT2D eigenvalue weighted by Gasteiger charge is 2.15. The Balaban J connectivity index is 1.70. The van der Waals surface area contributed by atoms with Gasteiger partial charge in [-0.2, -0.15) is 15.5 Å². The quantitative estimate of drug-likeness (QED) is 0.620. The molecule has 1 amide bonds. The first kappa shape index (κ1) is 17.9. The summed E-state index contributed by atoms with van der Waals surface area (Å²) in [5.74, 6) is -0.810. The summed E-state index contributed by atoms with van der Waals surface area (Å²) in [5.41, 5.74) is 1.99. The molecule has 9 heteroatoms. The minimum Gasteiger partial charge on any atom is -0.346 e. The van der Waals surface area contributed by atoms with E-state index in [9.17, 15) is 9.59 Å². The van der Waals surface area contributed by atoms with Gasteiger partial charge in [-0.25, -0.2) is 0 Å². The molecule has 28 heavy (non-hydrogen) atoms. The first-order valence-corrected chi connectivity index (χ1v) is 8.68. The normalized spacial score (nSPS) is 13.3. The van der Waals surface area contributed by atoms with Gasteiger partial charge < -0.3 is 5.32 Å². The highest BCUT2D eigenvalue weighted by molar-refractivity contribution is 6.32. The van der Waals surface area contributed by atoms with E-state index in [0.717, 1.165) is 5.56 Å². The molecule has 0 saturated carbocycles. The van der Waals surface area contributed by atoms with Gasteiger partial charge in [-0.3, -0.25) is 19.4 Å². The number of amides is 1. The van der Waals surface area contributed by atoms with Crippen LogP contribution >= 0.6 is 11.6 Å². The SMILES string of the molecule is [2H][C@](C)(Cn1ccc(-c2ccc(C#N)c(Cl)c2)n1)NC(=O)c1cc(C(C)=O)n[nH]1. The van der Waals surface area contributed by atoms with Gasteiger partial charge in [0.05, 0.1) is 24.2 Å². The summed E-state index contributed by atoms with van der Waals surface area (Å²) in [6.07, 6.45) is 1.68. The molecule has 0 aliphatic heterocycles. The molecule has 2 heterocycles. The molecule has 0 saturated heterocycles. The molecule has 0 aliphatic rings. The summed E-state index contributed by atoms with van der Waals surface area (Å²) < 4.78 is 9.91. The van der Waals surface area contributed by atoms with E-state index in [4.69, 9.17) is 18.2 Å². The monoisotopic (exact) mass is 397 g/mol. The number of rotatable bonds is 6. The van der Waals surface area contributed by atoms with Crippen molar-refractivity contribution in [3.05, 3.63) is 58.5 Å². The van der Waals surface area contributed by atoms with E-state index in [1.165, 1.54) is 24.6 Å². The number of aromatic nitrogens is 4. The van der Waals surface area contributed by atoms with Crippen LogP contribution in [-0.4, -0.2) is 37.7 Å². The zero-order chi connectivity index (χ0) is 21.2. The molecule has 0 fully saturated rings. The minimum atomic E-state index is -1.37. The topological polar surface area (TPSA) is 116 Å². The molecule has 0 radical (unpaired) electrons. The van der Waals surface area contributed by atoms with Crippen LogP contribution in [0.2, 0.25) is 5.02 Å². The summed E-state index contributed by atoms with van der Waals surface area (Å²) in [4.78, 5) is 23.6. The fraction of sp³-hybridized carbons (Fsp3) is 0.211. The van der Waals surface area contributed by atoms with Crippen molar-refractivity contribution >= 4 is 23.3 Å². The van der Waals surface area contributed by atoms with Crippen molar-refractivity contribution in [3.8, 4) is 17.3 Å². The number of hydrogen-bond acceptors (Lipinski definition) is 5. The molecule has 0 aliphatic carbocycles. The number of hydrogen-bond donors (Lipinski definition) is 2. The lowest BCUT2D eigenvalue weighted by Gasteiger charge is -2.13. The number of halogens is 1. The van der Waals surface area contributed by atoms with E-state index >= 15 is 0 Å². The van der Waals surface area contributed by atoms with Crippen LogP contribution in [0.4, 0.5) is 0 Å². The van der Waals surface area contributed by atoms with Crippen molar-refractivity contribution in [1.29, 1.82) is 5.26 Å². The van der Waals surface area contributed by atoms with Crippen LogP contribution < -0.4 is 5.32 Å². The second-order valence-corrected chi connectivity index (χ2v) is 6.57. The number of benzene rings is 1. The third-order valence-corrected chi connectivity index (χ3v) is 4.25. The van der Waals surface area contributed by atoms with E-state index in [2.05, 4.69) is 20.6 Å². The van der Waals surface area contributed by atoms with E-state index < -0.39 is 11.9 Å². The van der Waals surface area contributed by atoms with Crippen molar-refractivity contribution in [2.24, 2.45) is 0 Å². The van der Waals surface area contributed by atoms with Gasteiger partial charge in [0.15, 0.2) is 5.78 Å². The van der Waals surface area contributed by atoms with E-state index in [0.29, 0.717) is 16.3 Å². The molecule has 3 rings (SSSR count). The van der Waals surface area contributed by atoms with Gasteiger partial charge in [0.1, 0.15) is 17.5 Å². The summed E-state index contributed by atoms with van der Waals surface area (Å²) in [5, 5.41) is 22.5. The lowest BCUT2D eigenvalue weighted by atomic mass is 10.1. The van der Waals surface area contributed by atoms with Crippen LogP contribution in [0.1, 0.15) is 41.8 Å². The van der Waals surface area contributed by atoms with E-state index in [-0.39, 0.29) is 23.7 Å². The maximum Gasteiger partial charge on any atom is 0.269 e. The van der Waals surface area contributed by atoms with Gasteiger partial charge in [0.2, 0.25) is 0 Å². The highest BCUT2D eigenvalue weighted by atomic mass is 35.5. The number of nitriles is 1. The second-order valence-electron chi connectivity index (χ2n) is 6.16. The van der Waals surface area contributed by atoms with Gasteiger partial charge in [0.25, 0.3) is 5.91 Å². The number of nitrogens with one attached hydrogen (secondary N) is 2. The molecule has 0 bridgehead atoms. The molecule has 0 unspecified atom stereocenters. The van der Waals surface area contributed by atoms with Gasteiger partial charge >= 0.3 is 0 Å². The fourth-order valence-corrected chi connectivity index (χ4v) is 2.75. The number of carbonyl (C=O) groups is 2. The predicted octanol–water partition coefficient (Wildman–Crippen LogP) is 2.82. The van der Waals surface area contributed by atoms with E-state index in [1.807, 2.05) is 6.07 Å². The number of carbonyl (C=O) groups excluding carboxylic acids is 2. The Labute approximate surface area is 167 Å². The Morgan fingerprint density at radius 2 is 2.21 bits per heavy atom. The third-order valence-electron chi connectivity index (χ3n) is 3.94. The first-order valence-electron chi connectivity index (χ1n) is 8.81.